The number of hydrogen-bond donors (Lipinski definition) is 3. The van der Waals surface area contributed by atoms with Gasteiger partial charge in [0.25, 0.3) is 8.05 Å². The molecule has 0 aliphatic rings. The number of unbranched alkanes of at least 4 members (excludes halogenated alkanes) is 9. The maximum absolute atomic E-state index is 14.4. The van der Waals surface area contributed by atoms with Gasteiger partial charge < -0.3 is 58.3 Å². The second-order valence-electron chi connectivity index (χ2n) is 39.1. The van der Waals surface area contributed by atoms with Crippen LogP contribution >= 0.6 is 0 Å². The maximum Gasteiger partial charge on any atom is 0.407 e. The summed E-state index contributed by atoms with van der Waals surface area (Å²) in [5.74, 6) is 18.5. The molecule has 0 spiro atoms. The van der Waals surface area contributed by atoms with E-state index in [1.54, 1.807) is 158 Å². The summed E-state index contributed by atoms with van der Waals surface area (Å²) in [6.07, 6.45) is 26.7. The van der Waals surface area contributed by atoms with E-state index in [4.69, 9.17) is 50.6 Å². The number of benzene rings is 10. The number of nitrogens with one attached hydrogen (secondary N) is 2. The topological polar surface area (TPSA) is 281 Å². The predicted molar refractivity (Wildman–Crippen MR) is 586 cm³/mol. The lowest BCUT2D eigenvalue weighted by Gasteiger charge is -2.34. The third kappa shape index (κ3) is 44.4. The molecule has 786 valence electrons. The Bertz CT molecular complexity index is 5580. The first kappa shape index (κ1) is 117. The second-order valence-corrected chi connectivity index (χ2v) is 39.1. The Morgan fingerprint density at radius 1 is 0.248 bits per heavy atom. The highest BCUT2D eigenvalue weighted by molar-refractivity contribution is 6.02. The van der Waals surface area contributed by atoms with Gasteiger partial charge in [-0.05, 0) is 333 Å². The first-order valence-corrected chi connectivity index (χ1v) is 53.9. The second kappa shape index (κ2) is 68.8. The largest absolute Gasteiger partial charge is 0.462 e. The van der Waals surface area contributed by atoms with Crippen LogP contribution in [0.1, 0.15) is 335 Å². The van der Waals surface area contributed by atoms with Gasteiger partial charge in [0, 0.05) is 76.8 Å². The van der Waals surface area contributed by atoms with Crippen LogP contribution in [-0.4, -0.2) is 139 Å². The molecule has 0 aromatic heterocycles. The van der Waals surface area contributed by atoms with Gasteiger partial charge in [-0.2, -0.15) is 0 Å². The number of hydrogen-bond acceptors (Lipinski definition) is 19. The third-order valence-electron chi connectivity index (χ3n) is 28.3. The highest BCUT2D eigenvalue weighted by Gasteiger charge is 2.35. The molecule has 0 aliphatic heterocycles. The molecule has 2 unspecified atom stereocenters. The first-order chi connectivity index (χ1) is 73.0. The highest BCUT2D eigenvalue weighted by atomic mass is 16.6. The van der Waals surface area contributed by atoms with Crippen LogP contribution in [0.15, 0.2) is 267 Å². The van der Waals surface area contributed by atoms with Gasteiger partial charge in [-0.3, -0.25) is 4.79 Å². The summed E-state index contributed by atoms with van der Waals surface area (Å²) in [5.41, 5.74) is 2.97. The summed E-state index contributed by atoms with van der Waals surface area (Å²) in [5, 5.41) is 21.2. The number of carbonyl (C=O) groups is 9. The Morgan fingerprint density at radius 2 is 0.490 bits per heavy atom. The van der Waals surface area contributed by atoms with E-state index >= 15 is 0 Å². The van der Waals surface area contributed by atoms with E-state index in [1.807, 2.05) is 78.9 Å². The first-order valence-electron chi connectivity index (χ1n) is 53.9. The van der Waals surface area contributed by atoms with Crippen LogP contribution in [0, 0.1) is 57.2 Å². The van der Waals surface area contributed by atoms with Crippen molar-refractivity contribution in [3.63, 3.8) is 0 Å². The Kier molecular flexibility index (Phi) is 54.2. The standard InChI is InChI=1S/C127H151BN2O19/c128-149-99-54-86-127(89-100-147-122(139)109-67-34-21-35-68-109,85-53-98-146-121(138)108-65-32-20-33-66-108)79-45-12-6-4-10-43-77-125(87-73-115(132)129-90-46-13-14-47-91-130-123(140)148-102-114-112-71-38-36-69-110(112)101-111-70-37-39-72-113(111)114,76-42-9-3-5-11-44-78-126(88-92-131,83-51-96-144-119(136)106-61-28-18-29-62-106)84-52-97-145-120(137)107-63-30-19-31-64-107)75-41-8-2-1-7-40-74-124(80-48-93-141-116(133)103-55-22-15-23-56-103,81-49-94-142-117(134)104-57-24-16-25-58-104)82-50-95-143-118(135)105-59-26-17-27-60-105/h15-39,55-72,101,131H,7-14,40-54,73-100,102H2,(H,129,132)(H,130,140). The quantitative estimate of drug-likeness (QED) is 0.00797. The molecule has 10 rings (SSSR count). The van der Waals surface area contributed by atoms with Crippen molar-refractivity contribution in [3.8, 4) is 35.5 Å². The molecule has 2 amide bonds. The molecule has 0 bridgehead atoms. The van der Waals surface area contributed by atoms with Crippen molar-refractivity contribution in [3.05, 3.63) is 311 Å². The minimum Gasteiger partial charge on any atom is -0.462 e. The average molecular weight is 2020 g/mol. The minimum absolute atomic E-state index is 0.0179. The fourth-order valence-corrected chi connectivity index (χ4v) is 20.2. The molecule has 0 fully saturated rings. The zero-order chi connectivity index (χ0) is 105. The molecule has 3 N–H and O–H groups in total. The monoisotopic (exact) mass is 2020 g/mol. The van der Waals surface area contributed by atoms with E-state index in [9.17, 15) is 48.3 Å². The summed E-state index contributed by atoms with van der Waals surface area (Å²) in [6.45, 7) is 2.82. The number of rotatable bonds is 70. The van der Waals surface area contributed by atoms with Crippen molar-refractivity contribution in [2.75, 3.05) is 72.6 Å². The number of carbonyl (C=O) groups excluding carboxylic acids is 9. The Labute approximate surface area is 884 Å². The van der Waals surface area contributed by atoms with Crippen LogP contribution in [-0.2, 0) is 54.0 Å². The number of amides is 2. The van der Waals surface area contributed by atoms with Crippen molar-refractivity contribution >= 4 is 83.4 Å². The fraction of sp³-hybridized carbons (Fsp3) is 0.441. The van der Waals surface area contributed by atoms with Crippen LogP contribution in [0.2, 0.25) is 0 Å². The SMILES string of the molecule is [B]OCCCC(CCCC#CCCCC(CCCC#CCCCC(CCO)(CCCOC(=O)c1ccccc1)CCCOC(=O)c1ccccc1)(CCCC#CCCCC(CCCOC(=O)c1ccccc1)(CCCOC(=O)c1ccccc1)CCCOC(=O)c1ccccc1)CCC(=O)NCCCCCCNC(=O)OCc1c2ccccc2cc2ccccc12)(CCCOC(=O)c1ccccc1)CCOC(=O)c1ccccc1. The number of ether oxygens (including phenoxy) is 8. The molecule has 2 atom stereocenters. The highest BCUT2D eigenvalue weighted by Crippen LogP contribution is 2.45. The van der Waals surface area contributed by atoms with Crippen molar-refractivity contribution in [1.29, 1.82) is 0 Å². The van der Waals surface area contributed by atoms with Crippen LogP contribution < -0.4 is 10.6 Å². The van der Waals surface area contributed by atoms with Gasteiger partial charge in [-0.1, -0.05) is 189 Å². The Morgan fingerprint density at radius 3 is 0.779 bits per heavy atom. The number of alkyl carbamates (subject to hydrolysis) is 1. The van der Waals surface area contributed by atoms with Gasteiger partial charge in [0.15, 0.2) is 0 Å². The third-order valence-corrected chi connectivity index (χ3v) is 28.3. The maximum atomic E-state index is 14.4. The number of fused-ring (bicyclic) bond motifs is 2. The molecule has 21 nitrogen and oxygen atoms in total. The van der Waals surface area contributed by atoms with Crippen LogP contribution in [0.25, 0.3) is 21.5 Å². The van der Waals surface area contributed by atoms with Crippen LogP contribution in [0.4, 0.5) is 4.79 Å². The molecule has 149 heavy (non-hydrogen) atoms. The molecule has 0 saturated carbocycles. The molecule has 0 aliphatic carbocycles. The van der Waals surface area contributed by atoms with Gasteiger partial charge in [0.2, 0.25) is 5.91 Å². The smallest absolute Gasteiger partial charge is 0.407 e. The molecule has 10 aromatic carbocycles. The summed E-state index contributed by atoms with van der Waals surface area (Å²) in [7, 11) is 5.63. The van der Waals surface area contributed by atoms with E-state index in [2.05, 4.69) is 76.5 Å². The van der Waals surface area contributed by atoms with Crippen LogP contribution in [0.5, 0.6) is 0 Å². The van der Waals surface area contributed by atoms with Crippen molar-refractivity contribution in [2.45, 2.75) is 263 Å². The fourth-order valence-electron chi connectivity index (χ4n) is 20.2. The average Bonchev–Trinajstić information content (AvgIpc) is 0.775. The van der Waals surface area contributed by atoms with E-state index in [1.165, 1.54) is 0 Å². The molecular formula is C127H151BN2O19. The zero-order valence-electron chi connectivity index (χ0n) is 87.0. The van der Waals surface area contributed by atoms with Gasteiger partial charge in [-0.25, -0.2) is 38.4 Å². The van der Waals surface area contributed by atoms with Crippen molar-refractivity contribution < 1.29 is 90.8 Å². The minimum atomic E-state index is -0.470. The van der Waals surface area contributed by atoms with E-state index in [0.29, 0.717) is 206 Å². The molecule has 2 radical (unpaired) electrons. The summed E-state index contributed by atoms with van der Waals surface area (Å²) in [4.78, 5) is 120. The predicted octanol–water partition coefficient (Wildman–Crippen LogP) is 27.0. The summed E-state index contributed by atoms with van der Waals surface area (Å²) in [6, 6.07) is 80.9. The Hall–Kier alpha value is -13.6. The number of aliphatic hydroxyl groups excluding tert-OH is 1. The number of esters is 7. The molecular weight excluding hydrogens is 1870 g/mol. The van der Waals surface area contributed by atoms with Gasteiger partial charge >= 0.3 is 47.9 Å². The lowest BCUT2D eigenvalue weighted by atomic mass is 9.71. The van der Waals surface area contributed by atoms with E-state index in [0.717, 1.165) is 136 Å². The van der Waals surface area contributed by atoms with E-state index < -0.39 is 41.9 Å². The molecule has 10 aromatic rings. The van der Waals surface area contributed by atoms with Gasteiger partial charge in [0.05, 0.1) is 85.2 Å². The lowest BCUT2D eigenvalue weighted by molar-refractivity contribution is -0.121. The zero-order valence-corrected chi connectivity index (χ0v) is 87.0. The lowest BCUT2D eigenvalue weighted by Crippen LogP contribution is -2.28. The summed E-state index contributed by atoms with van der Waals surface area (Å²) < 4.78 is 51.8. The van der Waals surface area contributed by atoms with Crippen molar-refractivity contribution in [2.24, 2.45) is 21.7 Å². The molecule has 0 heterocycles. The number of aliphatic hydroxyl groups is 1. The molecule has 0 saturated heterocycles. The van der Waals surface area contributed by atoms with E-state index in [-0.39, 0.29) is 93.0 Å². The van der Waals surface area contributed by atoms with Gasteiger partial charge in [-0.15, -0.1) is 35.5 Å². The Balaban J connectivity index is 0.850. The van der Waals surface area contributed by atoms with Crippen molar-refractivity contribution in [1.82, 2.24) is 10.6 Å². The van der Waals surface area contributed by atoms with Crippen LogP contribution in [0.3, 0.4) is 0 Å². The van der Waals surface area contributed by atoms with Gasteiger partial charge in [0.1, 0.15) is 6.61 Å². The molecule has 22 heteroatoms. The normalized spacial score (nSPS) is 12.0. The summed E-state index contributed by atoms with van der Waals surface area (Å²) >= 11 is 0.